The Labute approximate surface area is 128 Å². The average Bonchev–Trinajstić information content (AvgIpc) is 3.03. The van der Waals surface area contributed by atoms with Crippen LogP contribution >= 0.6 is 0 Å². The zero-order valence-corrected chi connectivity index (χ0v) is 12.0. The summed E-state index contributed by atoms with van der Waals surface area (Å²) in [6.07, 6.45) is 5.51. The first-order valence-electron chi connectivity index (χ1n) is 8.96. The van der Waals surface area contributed by atoms with E-state index in [0.717, 1.165) is 12.8 Å². The van der Waals surface area contributed by atoms with Crippen LogP contribution in [0.15, 0.2) is 30.4 Å². The minimum absolute atomic E-state index is 0.0570. The van der Waals surface area contributed by atoms with Gasteiger partial charge in [0.2, 0.25) is 0 Å². The van der Waals surface area contributed by atoms with Gasteiger partial charge in [0.25, 0.3) is 0 Å². The van der Waals surface area contributed by atoms with Crippen LogP contribution < -0.4 is 0 Å². The molecule has 110 valence electrons. The fourth-order valence-corrected chi connectivity index (χ4v) is 3.74. The Bertz CT molecular complexity index is 806. The van der Waals surface area contributed by atoms with Gasteiger partial charge in [-0.25, -0.2) is 4.79 Å². The van der Waals surface area contributed by atoms with Gasteiger partial charge in [-0.2, -0.15) is 0 Å². The first kappa shape index (κ1) is 10.0. The molecule has 3 atom stereocenters. The SMILES string of the molecule is [2H]c1cc2c(C(=O)OC3C[C@H]4CC[C@@H](C3)N4C)c[nH]c2c([2H])c1[2H]. The van der Waals surface area contributed by atoms with Crippen LogP contribution in [-0.2, 0) is 4.74 Å². The van der Waals surface area contributed by atoms with E-state index < -0.39 is 5.97 Å². The Hall–Kier alpha value is -1.81. The van der Waals surface area contributed by atoms with E-state index in [0.29, 0.717) is 28.6 Å². The van der Waals surface area contributed by atoms with Crippen molar-refractivity contribution in [3.05, 3.63) is 36.0 Å². The zero-order chi connectivity index (χ0) is 17.0. The van der Waals surface area contributed by atoms with Crippen LogP contribution in [0.1, 0.15) is 40.2 Å². The molecule has 0 aliphatic carbocycles. The number of benzene rings is 1. The van der Waals surface area contributed by atoms with Gasteiger partial charge < -0.3 is 14.6 Å². The molecular weight excluding hydrogens is 264 g/mol. The summed E-state index contributed by atoms with van der Waals surface area (Å²) in [6, 6.07) is 2.19. The normalized spacial score (nSPS) is 30.9. The van der Waals surface area contributed by atoms with Gasteiger partial charge in [-0.1, -0.05) is 18.2 Å². The van der Waals surface area contributed by atoms with Gasteiger partial charge in [-0.15, -0.1) is 0 Å². The van der Waals surface area contributed by atoms with Crippen molar-refractivity contribution in [1.82, 2.24) is 9.88 Å². The maximum atomic E-state index is 12.6. The number of nitrogens with one attached hydrogen (secondary N) is 1. The highest BCUT2D eigenvalue weighted by Crippen LogP contribution is 2.35. The zero-order valence-electron chi connectivity index (χ0n) is 15.0. The molecule has 21 heavy (non-hydrogen) atoms. The largest absolute Gasteiger partial charge is 0.459 e. The van der Waals surface area contributed by atoms with E-state index in [-0.39, 0.29) is 24.2 Å². The highest BCUT2D eigenvalue weighted by Gasteiger charge is 2.40. The van der Waals surface area contributed by atoms with E-state index in [4.69, 9.17) is 8.85 Å². The Morgan fingerprint density at radius 2 is 2.14 bits per heavy atom. The summed E-state index contributed by atoms with van der Waals surface area (Å²) in [4.78, 5) is 17.9. The van der Waals surface area contributed by atoms with E-state index >= 15 is 0 Å². The van der Waals surface area contributed by atoms with Crippen LogP contribution in [0.2, 0.25) is 0 Å². The molecule has 2 aliphatic rings. The number of fused-ring (bicyclic) bond motifs is 3. The molecule has 0 saturated carbocycles. The Balaban J connectivity index is 1.58. The molecule has 2 aliphatic heterocycles. The number of piperidine rings is 1. The molecule has 4 nitrogen and oxygen atoms in total. The van der Waals surface area contributed by atoms with Crippen LogP contribution in [0.4, 0.5) is 0 Å². The highest BCUT2D eigenvalue weighted by atomic mass is 16.5. The Morgan fingerprint density at radius 1 is 1.38 bits per heavy atom. The van der Waals surface area contributed by atoms with Gasteiger partial charge in [0, 0.05) is 42.0 Å². The lowest BCUT2D eigenvalue weighted by molar-refractivity contribution is -0.000258. The lowest BCUT2D eigenvalue weighted by Gasteiger charge is -2.35. The summed E-state index contributed by atoms with van der Waals surface area (Å²) < 4.78 is 29.1. The average molecular weight is 287 g/mol. The summed E-state index contributed by atoms with van der Waals surface area (Å²) in [7, 11) is 2.14. The van der Waals surface area contributed by atoms with Crippen LogP contribution in [0.3, 0.4) is 0 Å². The van der Waals surface area contributed by atoms with E-state index in [9.17, 15) is 4.79 Å². The number of rotatable bonds is 2. The summed E-state index contributed by atoms with van der Waals surface area (Å²) in [5.41, 5.74) is 0.754. The van der Waals surface area contributed by atoms with Crippen LogP contribution in [-0.4, -0.2) is 41.1 Å². The number of carbonyl (C=O) groups is 1. The molecule has 1 aromatic heterocycles. The molecule has 4 heteroatoms. The number of aromatic nitrogens is 1. The van der Waals surface area contributed by atoms with Gasteiger partial charge in [-0.05, 0) is 25.9 Å². The molecule has 2 bridgehead atoms. The topological polar surface area (TPSA) is 45.3 Å². The molecule has 3 heterocycles. The summed E-state index contributed by atoms with van der Waals surface area (Å²) in [5, 5.41) is 0.488. The van der Waals surface area contributed by atoms with Crippen molar-refractivity contribution < 1.29 is 13.6 Å². The minimum atomic E-state index is -0.410. The second-order valence-corrected chi connectivity index (χ2v) is 6.08. The smallest absolute Gasteiger partial charge is 0.340 e. The fourth-order valence-electron chi connectivity index (χ4n) is 3.74. The van der Waals surface area contributed by atoms with Crippen molar-refractivity contribution in [2.75, 3.05) is 7.05 Å². The standard InChI is InChI=1S/C17H20N2O2/c1-19-11-6-7-12(19)9-13(8-11)21-17(20)15-10-18-16-5-3-2-4-14(15)16/h2-5,10-13,18H,6-9H2,1H3/t11-,12+,13?/i2D,3D,5D. The second-order valence-electron chi connectivity index (χ2n) is 6.08. The van der Waals surface area contributed by atoms with Crippen molar-refractivity contribution >= 4 is 16.9 Å². The lowest BCUT2D eigenvalue weighted by Crippen LogP contribution is -2.43. The molecule has 1 aromatic carbocycles. The van der Waals surface area contributed by atoms with Crippen molar-refractivity contribution in [3.63, 3.8) is 0 Å². The number of H-pyrrole nitrogens is 1. The number of nitrogens with zero attached hydrogens (tertiary/aromatic N) is 1. The Kier molecular flexibility index (Phi) is 2.33. The van der Waals surface area contributed by atoms with Crippen molar-refractivity contribution in [2.24, 2.45) is 0 Å². The number of ether oxygens (including phenoxy) is 1. The van der Waals surface area contributed by atoms with Crippen molar-refractivity contribution in [3.8, 4) is 0 Å². The highest BCUT2D eigenvalue weighted by molar-refractivity contribution is 6.04. The fraction of sp³-hybridized carbons (Fsp3) is 0.471. The number of carbonyl (C=O) groups excluding carboxylic acids is 1. The molecule has 1 unspecified atom stereocenters. The summed E-state index contributed by atoms with van der Waals surface area (Å²) in [6.45, 7) is 0. The van der Waals surface area contributed by atoms with E-state index in [2.05, 4.69) is 16.9 Å². The van der Waals surface area contributed by atoms with E-state index in [1.807, 2.05) is 0 Å². The third kappa shape index (κ3) is 2.14. The number of aromatic amines is 1. The quantitative estimate of drug-likeness (QED) is 0.864. The monoisotopic (exact) mass is 287 g/mol. The number of hydrogen-bond donors (Lipinski definition) is 1. The first-order valence-corrected chi connectivity index (χ1v) is 7.46. The predicted molar refractivity (Wildman–Crippen MR) is 81.3 cm³/mol. The number of para-hydroxylation sites is 1. The summed E-state index contributed by atoms with van der Waals surface area (Å²) in [5.74, 6) is -0.410. The maximum Gasteiger partial charge on any atom is 0.340 e. The lowest BCUT2D eigenvalue weighted by atomic mass is 10.0. The molecule has 0 amide bonds. The maximum absolute atomic E-state index is 12.6. The molecule has 0 radical (unpaired) electrons. The first-order chi connectivity index (χ1) is 11.5. The van der Waals surface area contributed by atoms with Gasteiger partial charge in [0.15, 0.2) is 0 Å². The molecular formula is C17H20N2O2. The van der Waals surface area contributed by atoms with Gasteiger partial charge >= 0.3 is 5.97 Å². The van der Waals surface area contributed by atoms with Gasteiger partial charge in [0.05, 0.1) is 9.68 Å². The number of esters is 1. The predicted octanol–water partition coefficient (Wildman–Crippen LogP) is 2.95. The van der Waals surface area contributed by atoms with E-state index in [1.165, 1.54) is 25.1 Å². The van der Waals surface area contributed by atoms with Gasteiger partial charge in [0.1, 0.15) is 6.10 Å². The van der Waals surface area contributed by atoms with Crippen LogP contribution in [0.25, 0.3) is 10.9 Å². The molecule has 2 saturated heterocycles. The second kappa shape index (κ2) is 4.88. The third-order valence-electron chi connectivity index (χ3n) is 4.95. The van der Waals surface area contributed by atoms with Crippen molar-refractivity contribution in [2.45, 2.75) is 43.9 Å². The Morgan fingerprint density at radius 3 is 2.90 bits per heavy atom. The number of hydrogen-bond acceptors (Lipinski definition) is 3. The third-order valence-corrected chi connectivity index (χ3v) is 4.95. The molecule has 1 N–H and O–H groups in total. The molecule has 2 aromatic rings. The molecule has 2 fully saturated rings. The van der Waals surface area contributed by atoms with Crippen LogP contribution in [0.5, 0.6) is 0 Å². The van der Waals surface area contributed by atoms with Crippen molar-refractivity contribution in [1.29, 1.82) is 0 Å². The minimum Gasteiger partial charge on any atom is -0.459 e. The van der Waals surface area contributed by atoms with Gasteiger partial charge in [-0.3, -0.25) is 0 Å². The van der Waals surface area contributed by atoms with E-state index in [1.54, 1.807) is 0 Å². The van der Waals surface area contributed by atoms with Crippen LogP contribution in [0, 0.1) is 0 Å². The molecule has 0 spiro atoms. The molecule has 4 rings (SSSR count). The summed E-state index contributed by atoms with van der Waals surface area (Å²) >= 11 is 0.